The average Bonchev–Trinajstić information content (AvgIpc) is 2.27. The van der Waals surface area contributed by atoms with Crippen LogP contribution in [0.2, 0.25) is 0 Å². The van der Waals surface area contributed by atoms with E-state index < -0.39 is 6.09 Å². The molecule has 0 aliphatic carbocycles. The van der Waals surface area contributed by atoms with Crippen molar-refractivity contribution in [3.05, 3.63) is 0 Å². The van der Waals surface area contributed by atoms with Crippen LogP contribution in [0, 0.1) is 5.92 Å². The number of hydrazine groups is 1. The number of nitrogens with one attached hydrogen (secondary N) is 1. The maximum absolute atomic E-state index is 11.6. The molecular formula is C10H21N3O3. The molecule has 0 saturated carbocycles. The zero-order valence-corrected chi connectivity index (χ0v) is 10.6. The highest BCUT2D eigenvalue weighted by molar-refractivity contribution is 5.77. The number of methoxy groups -OCH3 is 1. The molecule has 94 valence electrons. The molecule has 0 atom stereocenters. The predicted octanol–water partition coefficient (Wildman–Crippen LogP) is 0.304. The number of rotatable bonds is 5. The van der Waals surface area contributed by atoms with Crippen LogP contribution in [0.4, 0.5) is 4.79 Å². The molecular weight excluding hydrogens is 210 g/mol. The first kappa shape index (κ1) is 14.7. The van der Waals surface area contributed by atoms with E-state index in [2.05, 4.69) is 10.2 Å². The molecule has 0 bridgehead atoms. The summed E-state index contributed by atoms with van der Waals surface area (Å²) in [6.45, 7) is 4.54. The van der Waals surface area contributed by atoms with Crippen molar-refractivity contribution < 1.29 is 14.3 Å². The molecule has 0 aliphatic rings. The lowest BCUT2D eigenvalue weighted by Gasteiger charge is -2.24. The van der Waals surface area contributed by atoms with Crippen molar-refractivity contribution in [3.8, 4) is 0 Å². The third-order valence-electron chi connectivity index (χ3n) is 2.19. The Labute approximate surface area is 96.5 Å². The quantitative estimate of drug-likeness (QED) is 0.691. The van der Waals surface area contributed by atoms with Crippen LogP contribution in [-0.4, -0.2) is 56.2 Å². The van der Waals surface area contributed by atoms with E-state index in [1.165, 1.54) is 12.1 Å². The molecule has 6 nitrogen and oxygen atoms in total. The van der Waals surface area contributed by atoms with Gasteiger partial charge in [-0.05, 0) is 0 Å². The Morgan fingerprint density at radius 2 is 1.88 bits per heavy atom. The molecule has 16 heavy (non-hydrogen) atoms. The molecule has 6 heteroatoms. The molecule has 0 aromatic heterocycles. The SMILES string of the molecule is CNN(CCN(C)C(=O)C(C)C)C(=O)OC. The molecule has 0 rings (SSSR count). The molecule has 2 amide bonds. The second kappa shape index (κ2) is 7.05. The van der Waals surface area contributed by atoms with E-state index in [0.29, 0.717) is 13.1 Å². The molecule has 1 N–H and O–H groups in total. The summed E-state index contributed by atoms with van der Waals surface area (Å²) in [5.74, 6) is 0.0204. The summed E-state index contributed by atoms with van der Waals surface area (Å²) >= 11 is 0. The van der Waals surface area contributed by atoms with Gasteiger partial charge >= 0.3 is 6.09 Å². The highest BCUT2D eigenvalue weighted by Crippen LogP contribution is 1.99. The lowest BCUT2D eigenvalue weighted by molar-refractivity contribution is -0.133. The van der Waals surface area contributed by atoms with Crippen LogP contribution >= 0.6 is 0 Å². The van der Waals surface area contributed by atoms with Gasteiger partial charge in [0.2, 0.25) is 5.91 Å². The Kier molecular flexibility index (Phi) is 6.48. The summed E-state index contributed by atoms with van der Waals surface area (Å²) in [5.41, 5.74) is 2.70. The Hall–Kier alpha value is -1.30. The zero-order valence-electron chi connectivity index (χ0n) is 10.6. The maximum Gasteiger partial charge on any atom is 0.424 e. The van der Waals surface area contributed by atoms with Crippen LogP contribution < -0.4 is 5.43 Å². The summed E-state index contributed by atoms with van der Waals surface area (Å²) in [6.07, 6.45) is -0.465. The van der Waals surface area contributed by atoms with Gasteiger partial charge in [-0.3, -0.25) is 4.79 Å². The minimum absolute atomic E-state index is 0.0360. The van der Waals surface area contributed by atoms with Crippen LogP contribution in [0.25, 0.3) is 0 Å². The summed E-state index contributed by atoms with van der Waals surface area (Å²) in [7, 11) is 4.66. The van der Waals surface area contributed by atoms with Crippen molar-refractivity contribution in [1.29, 1.82) is 0 Å². The van der Waals surface area contributed by atoms with Crippen molar-refractivity contribution in [3.63, 3.8) is 0 Å². The van der Waals surface area contributed by atoms with Crippen LogP contribution in [0.1, 0.15) is 13.8 Å². The highest BCUT2D eigenvalue weighted by atomic mass is 16.5. The zero-order chi connectivity index (χ0) is 12.7. The molecule has 0 aromatic carbocycles. The number of likely N-dealkylation sites (N-methyl/N-ethyl adjacent to an activating group) is 1. The van der Waals surface area contributed by atoms with E-state index in [0.717, 1.165) is 0 Å². The smallest absolute Gasteiger partial charge is 0.424 e. The number of carbonyl (C=O) groups is 2. The molecule has 0 heterocycles. The molecule has 0 aliphatic heterocycles. The molecule has 0 unspecified atom stereocenters. The van der Waals surface area contributed by atoms with Gasteiger partial charge in [-0.25, -0.2) is 15.2 Å². The van der Waals surface area contributed by atoms with Gasteiger partial charge in [0.1, 0.15) is 0 Å². The van der Waals surface area contributed by atoms with Gasteiger partial charge in [0.15, 0.2) is 0 Å². The lowest BCUT2D eigenvalue weighted by Crippen LogP contribution is -2.45. The number of hydrogen-bond acceptors (Lipinski definition) is 4. The number of hydrogen-bond donors (Lipinski definition) is 1. The third kappa shape index (κ3) is 4.48. The van der Waals surface area contributed by atoms with Crippen molar-refractivity contribution in [2.45, 2.75) is 13.8 Å². The maximum atomic E-state index is 11.6. The first-order chi connectivity index (χ1) is 7.43. The fraction of sp³-hybridized carbons (Fsp3) is 0.800. The summed E-state index contributed by atoms with van der Waals surface area (Å²) < 4.78 is 4.56. The minimum atomic E-state index is -0.465. The highest BCUT2D eigenvalue weighted by Gasteiger charge is 2.16. The molecule has 0 saturated heterocycles. The van der Waals surface area contributed by atoms with Crippen molar-refractivity contribution in [1.82, 2.24) is 15.3 Å². The van der Waals surface area contributed by atoms with Crippen molar-refractivity contribution >= 4 is 12.0 Å². The third-order valence-corrected chi connectivity index (χ3v) is 2.19. The van der Waals surface area contributed by atoms with Gasteiger partial charge in [-0.1, -0.05) is 13.8 Å². The average molecular weight is 231 g/mol. The summed E-state index contributed by atoms with van der Waals surface area (Å²) in [6, 6.07) is 0. The van der Waals surface area contributed by atoms with Crippen LogP contribution in [0.15, 0.2) is 0 Å². The normalized spacial score (nSPS) is 10.1. The Balaban J connectivity index is 4.11. The van der Waals surface area contributed by atoms with Gasteiger partial charge in [0, 0.05) is 26.6 Å². The summed E-state index contributed by atoms with van der Waals surface area (Å²) in [5, 5.41) is 1.31. The van der Waals surface area contributed by atoms with Gasteiger partial charge < -0.3 is 9.64 Å². The number of nitrogens with zero attached hydrogens (tertiary/aromatic N) is 2. The van der Waals surface area contributed by atoms with Gasteiger partial charge in [0.25, 0.3) is 0 Å². The van der Waals surface area contributed by atoms with E-state index in [-0.39, 0.29) is 11.8 Å². The van der Waals surface area contributed by atoms with Crippen molar-refractivity contribution in [2.24, 2.45) is 5.92 Å². The standard InChI is InChI=1S/C10H21N3O3/c1-8(2)9(14)12(4)6-7-13(11-3)10(15)16-5/h8,11H,6-7H2,1-5H3. The first-order valence-corrected chi connectivity index (χ1v) is 5.21. The molecule has 0 fully saturated rings. The van der Waals surface area contributed by atoms with E-state index in [1.807, 2.05) is 13.8 Å². The fourth-order valence-electron chi connectivity index (χ4n) is 1.21. The number of carbonyl (C=O) groups excluding carboxylic acids is 2. The van der Waals surface area contributed by atoms with E-state index in [4.69, 9.17) is 0 Å². The van der Waals surface area contributed by atoms with E-state index in [1.54, 1.807) is 19.0 Å². The summed E-state index contributed by atoms with van der Waals surface area (Å²) in [4.78, 5) is 24.3. The number of amides is 2. The molecule has 0 spiro atoms. The minimum Gasteiger partial charge on any atom is -0.452 e. The Morgan fingerprint density at radius 1 is 1.31 bits per heavy atom. The first-order valence-electron chi connectivity index (χ1n) is 5.21. The van der Waals surface area contributed by atoms with Gasteiger partial charge in [0.05, 0.1) is 13.7 Å². The predicted molar refractivity (Wildman–Crippen MR) is 60.6 cm³/mol. The topological polar surface area (TPSA) is 61.9 Å². The van der Waals surface area contributed by atoms with Crippen LogP contribution in [0.3, 0.4) is 0 Å². The molecule has 0 radical (unpaired) electrons. The van der Waals surface area contributed by atoms with Crippen LogP contribution in [-0.2, 0) is 9.53 Å². The second-order valence-corrected chi connectivity index (χ2v) is 3.76. The van der Waals surface area contributed by atoms with E-state index in [9.17, 15) is 9.59 Å². The molecule has 0 aromatic rings. The van der Waals surface area contributed by atoms with Gasteiger partial charge in [-0.15, -0.1) is 0 Å². The van der Waals surface area contributed by atoms with E-state index >= 15 is 0 Å². The second-order valence-electron chi connectivity index (χ2n) is 3.76. The Morgan fingerprint density at radius 3 is 2.25 bits per heavy atom. The Bertz CT molecular complexity index is 243. The van der Waals surface area contributed by atoms with Gasteiger partial charge in [-0.2, -0.15) is 0 Å². The largest absolute Gasteiger partial charge is 0.452 e. The fourth-order valence-corrected chi connectivity index (χ4v) is 1.21. The lowest BCUT2D eigenvalue weighted by atomic mass is 10.2. The van der Waals surface area contributed by atoms with Crippen molar-refractivity contribution in [2.75, 3.05) is 34.3 Å². The monoisotopic (exact) mass is 231 g/mol. The van der Waals surface area contributed by atoms with Crippen LogP contribution in [0.5, 0.6) is 0 Å². The number of ether oxygens (including phenoxy) is 1.